The molecule has 106 valence electrons. The molecule has 0 aromatic heterocycles. The van der Waals surface area contributed by atoms with E-state index in [0.29, 0.717) is 9.50 Å². The van der Waals surface area contributed by atoms with E-state index in [0.717, 1.165) is 5.56 Å². The van der Waals surface area contributed by atoms with Gasteiger partial charge in [-0.25, -0.2) is 4.39 Å². The molecule has 0 amide bonds. The standard InChI is InChI=1S/C15H14BrClFNO/c16-10-3-6-12(14(18)7-10)15(20)13(8-19)9-1-4-11(17)5-2-9/h1-7,13,15,20H,8,19H2. The van der Waals surface area contributed by atoms with Crippen LogP contribution < -0.4 is 5.73 Å². The van der Waals surface area contributed by atoms with Crippen LogP contribution in [0, 0.1) is 5.82 Å². The van der Waals surface area contributed by atoms with Gasteiger partial charge in [-0.3, -0.25) is 0 Å². The van der Waals surface area contributed by atoms with Gasteiger partial charge in [-0.2, -0.15) is 0 Å². The van der Waals surface area contributed by atoms with E-state index < -0.39 is 11.9 Å². The summed E-state index contributed by atoms with van der Waals surface area (Å²) in [5, 5.41) is 11.0. The number of hydrogen-bond donors (Lipinski definition) is 2. The number of rotatable bonds is 4. The van der Waals surface area contributed by atoms with Crippen molar-refractivity contribution in [1.82, 2.24) is 0 Å². The molecule has 0 fully saturated rings. The van der Waals surface area contributed by atoms with Crippen LogP contribution in [0.25, 0.3) is 0 Å². The molecule has 0 radical (unpaired) electrons. The number of benzene rings is 2. The number of nitrogens with two attached hydrogens (primary N) is 1. The second-order valence-corrected chi connectivity index (χ2v) is 5.86. The van der Waals surface area contributed by atoms with E-state index >= 15 is 0 Å². The summed E-state index contributed by atoms with van der Waals surface area (Å²) in [6.07, 6.45) is -1.01. The monoisotopic (exact) mass is 357 g/mol. The third-order valence-corrected chi connectivity index (χ3v) is 3.96. The van der Waals surface area contributed by atoms with Crippen molar-refractivity contribution in [1.29, 1.82) is 0 Å². The minimum absolute atomic E-state index is 0.207. The number of aliphatic hydroxyl groups excluding tert-OH is 1. The predicted octanol–water partition coefficient (Wildman–Crippen LogP) is 4.02. The van der Waals surface area contributed by atoms with Gasteiger partial charge < -0.3 is 10.8 Å². The maximum Gasteiger partial charge on any atom is 0.130 e. The van der Waals surface area contributed by atoms with Crippen molar-refractivity contribution in [3.63, 3.8) is 0 Å². The summed E-state index contributed by atoms with van der Waals surface area (Å²) in [6, 6.07) is 11.6. The highest BCUT2D eigenvalue weighted by atomic mass is 79.9. The van der Waals surface area contributed by atoms with Crippen molar-refractivity contribution in [2.24, 2.45) is 5.73 Å². The molecule has 2 nitrogen and oxygen atoms in total. The Hall–Kier alpha value is -0.940. The molecule has 2 rings (SSSR count). The third-order valence-electron chi connectivity index (χ3n) is 3.21. The molecule has 3 N–H and O–H groups in total. The molecule has 0 aliphatic rings. The Kier molecular flexibility index (Phi) is 5.16. The van der Waals surface area contributed by atoms with Crippen LogP contribution in [-0.4, -0.2) is 11.7 Å². The Labute approximate surface area is 130 Å². The summed E-state index contributed by atoms with van der Waals surface area (Å²) in [5.74, 6) is -0.845. The van der Waals surface area contributed by atoms with Gasteiger partial charge in [0.05, 0.1) is 6.10 Å². The highest BCUT2D eigenvalue weighted by Gasteiger charge is 2.24. The second-order valence-electron chi connectivity index (χ2n) is 4.50. The quantitative estimate of drug-likeness (QED) is 0.867. The van der Waals surface area contributed by atoms with Crippen LogP contribution in [0.5, 0.6) is 0 Å². The molecule has 0 aliphatic heterocycles. The van der Waals surface area contributed by atoms with E-state index in [1.54, 1.807) is 36.4 Å². The Morgan fingerprint density at radius 2 is 1.85 bits per heavy atom. The van der Waals surface area contributed by atoms with Gasteiger partial charge in [0.15, 0.2) is 0 Å². The van der Waals surface area contributed by atoms with Gasteiger partial charge in [-0.15, -0.1) is 0 Å². The van der Waals surface area contributed by atoms with Crippen molar-refractivity contribution < 1.29 is 9.50 Å². The SMILES string of the molecule is NCC(c1ccc(Cl)cc1)C(O)c1ccc(Br)cc1F. The van der Waals surface area contributed by atoms with Gasteiger partial charge in [0.2, 0.25) is 0 Å². The van der Waals surface area contributed by atoms with Crippen molar-refractivity contribution in [3.05, 3.63) is 68.9 Å². The molecular weight excluding hydrogens is 345 g/mol. The Balaban J connectivity index is 2.33. The number of halogens is 3. The Morgan fingerprint density at radius 1 is 1.20 bits per heavy atom. The first-order chi connectivity index (χ1) is 9.52. The van der Waals surface area contributed by atoms with Crippen LogP contribution in [-0.2, 0) is 0 Å². The molecule has 0 bridgehead atoms. The Bertz CT molecular complexity index is 591. The molecule has 2 aromatic carbocycles. The highest BCUT2D eigenvalue weighted by Crippen LogP contribution is 2.33. The summed E-state index contributed by atoms with van der Waals surface area (Å²) in [4.78, 5) is 0. The molecule has 0 saturated heterocycles. The topological polar surface area (TPSA) is 46.2 Å². The zero-order valence-electron chi connectivity index (χ0n) is 10.6. The van der Waals surface area contributed by atoms with Crippen LogP contribution in [0.3, 0.4) is 0 Å². The van der Waals surface area contributed by atoms with Gasteiger partial charge in [0.1, 0.15) is 5.82 Å². The zero-order valence-corrected chi connectivity index (χ0v) is 12.9. The molecule has 20 heavy (non-hydrogen) atoms. The summed E-state index contributed by atoms with van der Waals surface area (Å²) in [7, 11) is 0. The lowest BCUT2D eigenvalue weighted by Crippen LogP contribution is -2.21. The van der Waals surface area contributed by atoms with Crippen molar-refractivity contribution >= 4 is 27.5 Å². The summed E-state index contributed by atoms with van der Waals surface area (Å²) in [6.45, 7) is 0.207. The summed E-state index contributed by atoms with van der Waals surface area (Å²) >= 11 is 9.03. The Morgan fingerprint density at radius 3 is 2.40 bits per heavy atom. The minimum atomic E-state index is -1.01. The lowest BCUT2D eigenvalue weighted by Gasteiger charge is -2.23. The van der Waals surface area contributed by atoms with Crippen LogP contribution in [0.1, 0.15) is 23.1 Å². The van der Waals surface area contributed by atoms with Crippen LogP contribution >= 0.6 is 27.5 Å². The van der Waals surface area contributed by atoms with Gasteiger partial charge in [-0.1, -0.05) is 45.7 Å². The molecule has 0 spiro atoms. The van der Waals surface area contributed by atoms with E-state index in [2.05, 4.69) is 15.9 Å². The lowest BCUT2D eigenvalue weighted by molar-refractivity contribution is 0.143. The van der Waals surface area contributed by atoms with Crippen LogP contribution in [0.4, 0.5) is 4.39 Å². The maximum atomic E-state index is 13.9. The first-order valence-electron chi connectivity index (χ1n) is 6.11. The average molecular weight is 359 g/mol. The third kappa shape index (κ3) is 3.38. The van der Waals surface area contributed by atoms with Crippen molar-refractivity contribution in [2.45, 2.75) is 12.0 Å². The molecule has 2 atom stereocenters. The number of hydrogen-bond acceptors (Lipinski definition) is 2. The fourth-order valence-electron chi connectivity index (χ4n) is 2.12. The van der Waals surface area contributed by atoms with Gasteiger partial charge in [0.25, 0.3) is 0 Å². The van der Waals surface area contributed by atoms with Crippen molar-refractivity contribution in [2.75, 3.05) is 6.54 Å². The number of aliphatic hydroxyl groups is 1. The maximum absolute atomic E-state index is 13.9. The molecule has 0 saturated carbocycles. The second kappa shape index (κ2) is 6.68. The predicted molar refractivity (Wildman–Crippen MR) is 82.3 cm³/mol. The normalized spacial score (nSPS) is 14.1. The summed E-state index contributed by atoms with van der Waals surface area (Å²) in [5.41, 5.74) is 6.80. The van der Waals surface area contributed by atoms with Gasteiger partial charge >= 0.3 is 0 Å². The van der Waals surface area contributed by atoms with E-state index in [4.69, 9.17) is 17.3 Å². The smallest absolute Gasteiger partial charge is 0.130 e. The van der Waals surface area contributed by atoms with Crippen molar-refractivity contribution in [3.8, 4) is 0 Å². The molecule has 0 heterocycles. The van der Waals surface area contributed by atoms with Gasteiger partial charge in [-0.05, 0) is 29.8 Å². The largest absolute Gasteiger partial charge is 0.388 e. The van der Waals surface area contributed by atoms with E-state index in [1.807, 2.05) is 0 Å². The fourth-order valence-corrected chi connectivity index (χ4v) is 2.57. The molecule has 5 heteroatoms. The van der Waals surface area contributed by atoms with E-state index in [1.165, 1.54) is 6.07 Å². The van der Waals surface area contributed by atoms with Crippen LogP contribution in [0.2, 0.25) is 5.02 Å². The molecule has 2 unspecified atom stereocenters. The minimum Gasteiger partial charge on any atom is -0.388 e. The van der Waals surface area contributed by atoms with Gasteiger partial charge in [0, 0.05) is 27.5 Å². The first-order valence-corrected chi connectivity index (χ1v) is 7.28. The zero-order chi connectivity index (χ0) is 14.7. The first kappa shape index (κ1) is 15.4. The summed E-state index contributed by atoms with van der Waals surface area (Å²) < 4.78 is 14.6. The average Bonchev–Trinajstić information content (AvgIpc) is 2.41. The molecule has 2 aromatic rings. The molecular formula is C15H14BrClFNO. The fraction of sp³-hybridized carbons (Fsp3) is 0.200. The highest BCUT2D eigenvalue weighted by molar-refractivity contribution is 9.10. The van der Waals surface area contributed by atoms with Crippen LogP contribution in [0.15, 0.2) is 46.9 Å². The molecule has 0 aliphatic carbocycles. The van der Waals surface area contributed by atoms with E-state index in [9.17, 15) is 9.50 Å². The lowest BCUT2D eigenvalue weighted by atomic mass is 9.89. The van der Waals surface area contributed by atoms with E-state index in [-0.39, 0.29) is 18.0 Å².